The Morgan fingerprint density at radius 3 is 2.00 bits per heavy atom. The number of benzene rings is 1. The van der Waals surface area contributed by atoms with E-state index in [2.05, 4.69) is 4.18 Å². The predicted octanol–water partition coefficient (Wildman–Crippen LogP) is 2.97. The second-order valence-electron chi connectivity index (χ2n) is 4.19. The van der Waals surface area contributed by atoms with Crippen molar-refractivity contribution in [2.24, 2.45) is 0 Å². The Kier molecular flexibility index (Phi) is 11.1. The number of aryl methyl sites for hydroxylation is 1. The molecule has 10 heteroatoms. The van der Waals surface area contributed by atoms with Crippen molar-refractivity contribution in [1.82, 2.24) is 0 Å². The van der Waals surface area contributed by atoms with Gasteiger partial charge < -0.3 is 14.0 Å². The minimum atomic E-state index is -5.57. The Bertz CT molecular complexity index is 555. The van der Waals surface area contributed by atoms with Crippen LogP contribution in [0.3, 0.4) is 0 Å². The van der Waals surface area contributed by atoms with Gasteiger partial charge in [0.05, 0.1) is 6.10 Å². The molecular weight excluding hydrogens is 341 g/mol. The molecule has 6 nitrogen and oxygen atoms in total. The van der Waals surface area contributed by atoms with E-state index >= 15 is 0 Å². The van der Waals surface area contributed by atoms with Gasteiger partial charge in [-0.15, -0.1) is 0 Å². The lowest BCUT2D eigenvalue weighted by atomic mass is 10.2. The standard InChI is InChI=1S/C8H7F3O3S.C4H10O.CH2O2/c1-6-3-2-4-7(5-6)14-15(12,13)8(9,10)11;1-4(2)5-3;2-1-3/h2-5H,1H3;4H,1-3H3;1H,(H,2,3). The number of halogens is 3. The fourth-order valence-corrected chi connectivity index (χ4v) is 1.29. The van der Waals surface area contributed by atoms with E-state index in [9.17, 15) is 21.6 Å². The topological polar surface area (TPSA) is 89.9 Å². The van der Waals surface area contributed by atoms with E-state index in [0.717, 1.165) is 6.07 Å². The Morgan fingerprint density at radius 2 is 1.70 bits per heavy atom. The maximum absolute atomic E-state index is 11.9. The summed E-state index contributed by atoms with van der Waals surface area (Å²) in [5.41, 5.74) is -4.80. The van der Waals surface area contributed by atoms with E-state index in [1.54, 1.807) is 20.1 Å². The summed E-state index contributed by atoms with van der Waals surface area (Å²) in [7, 11) is -3.87. The summed E-state index contributed by atoms with van der Waals surface area (Å²) in [5, 5.41) is 6.89. The third-order valence-electron chi connectivity index (χ3n) is 1.95. The summed E-state index contributed by atoms with van der Waals surface area (Å²) in [6.07, 6.45) is 0.384. The first-order chi connectivity index (χ1) is 10.4. The number of hydrogen-bond donors (Lipinski definition) is 1. The van der Waals surface area contributed by atoms with Crippen molar-refractivity contribution < 1.29 is 40.4 Å². The summed E-state index contributed by atoms with van der Waals surface area (Å²) in [4.78, 5) is 8.36. The van der Waals surface area contributed by atoms with Gasteiger partial charge >= 0.3 is 15.6 Å². The molecule has 1 N–H and O–H groups in total. The molecule has 0 bridgehead atoms. The number of carbonyl (C=O) groups is 1. The van der Waals surface area contributed by atoms with Gasteiger partial charge in [-0.05, 0) is 38.5 Å². The van der Waals surface area contributed by atoms with Gasteiger partial charge in [0.2, 0.25) is 0 Å². The average molecular weight is 360 g/mol. The number of ether oxygens (including phenoxy) is 1. The second-order valence-corrected chi connectivity index (χ2v) is 5.73. The molecule has 0 saturated heterocycles. The van der Waals surface area contributed by atoms with Gasteiger partial charge in [-0.2, -0.15) is 21.6 Å². The van der Waals surface area contributed by atoms with Crippen LogP contribution in [0.4, 0.5) is 13.2 Å². The second kappa shape index (κ2) is 10.8. The summed E-state index contributed by atoms with van der Waals surface area (Å²) in [6, 6.07) is 5.34. The summed E-state index contributed by atoms with van der Waals surface area (Å²) < 4.78 is 65.5. The van der Waals surface area contributed by atoms with Gasteiger partial charge in [-0.25, -0.2) is 0 Å². The highest BCUT2D eigenvalue weighted by Gasteiger charge is 2.48. The highest BCUT2D eigenvalue weighted by Crippen LogP contribution is 2.26. The molecule has 134 valence electrons. The van der Waals surface area contributed by atoms with E-state index in [1.807, 2.05) is 13.8 Å². The zero-order valence-corrected chi connectivity index (χ0v) is 13.8. The smallest absolute Gasteiger partial charge is 0.483 e. The maximum atomic E-state index is 11.9. The van der Waals surface area contributed by atoms with Gasteiger partial charge in [-0.1, -0.05) is 12.1 Å². The quantitative estimate of drug-likeness (QED) is 0.506. The minimum Gasteiger partial charge on any atom is -0.483 e. The van der Waals surface area contributed by atoms with E-state index in [4.69, 9.17) is 14.6 Å². The highest BCUT2D eigenvalue weighted by molar-refractivity contribution is 7.87. The third kappa shape index (κ3) is 11.4. The summed E-state index contributed by atoms with van der Waals surface area (Å²) >= 11 is 0. The number of methoxy groups -OCH3 is 1. The Hall–Kier alpha value is -1.81. The van der Waals surface area contributed by atoms with Gasteiger partial charge in [0.15, 0.2) is 0 Å². The van der Waals surface area contributed by atoms with Crippen molar-refractivity contribution in [1.29, 1.82) is 0 Å². The summed E-state index contributed by atoms with van der Waals surface area (Å²) in [5.74, 6) is -0.354. The molecule has 0 aliphatic rings. The van der Waals surface area contributed by atoms with Gasteiger partial charge in [0.25, 0.3) is 6.47 Å². The minimum absolute atomic E-state index is 0.250. The van der Waals surface area contributed by atoms with Crippen molar-refractivity contribution in [2.45, 2.75) is 32.4 Å². The first kappa shape index (κ1) is 23.5. The SMILES string of the molecule is COC(C)C.Cc1cccc(OS(=O)(=O)C(F)(F)F)c1.O=CO. The molecule has 0 aliphatic heterocycles. The van der Waals surface area contributed by atoms with E-state index in [1.165, 1.54) is 12.1 Å². The molecule has 0 radical (unpaired) electrons. The Morgan fingerprint density at radius 1 is 1.26 bits per heavy atom. The molecule has 0 fully saturated rings. The van der Waals surface area contributed by atoms with Crippen LogP contribution in [-0.4, -0.2) is 38.7 Å². The fourth-order valence-electron chi connectivity index (χ4n) is 0.841. The van der Waals surface area contributed by atoms with Crippen LogP contribution in [0.25, 0.3) is 0 Å². The van der Waals surface area contributed by atoms with E-state index < -0.39 is 15.6 Å². The molecule has 0 atom stereocenters. The lowest BCUT2D eigenvalue weighted by Gasteiger charge is -2.09. The molecular formula is C13H19F3O6S. The zero-order valence-electron chi connectivity index (χ0n) is 13.0. The van der Waals surface area contributed by atoms with Crippen LogP contribution in [0, 0.1) is 6.92 Å². The van der Waals surface area contributed by atoms with Crippen molar-refractivity contribution in [3.05, 3.63) is 29.8 Å². The van der Waals surface area contributed by atoms with E-state index in [0.29, 0.717) is 11.7 Å². The molecule has 0 saturated carbocycles. The van der Waals surface area contributed by atoms with Crippen LogP contribution in [0.2, 0.25) is 0 Å². The molecule has 23 heavy (non-hydrogen) atoms. The Balaban J connectivity index is 0. The molecule has 1 rings (SSSR count). The molecule has 1 aromatic rings. The van der Waals surface area contributed by atoms with Crippen LogP contribution in [0.5, 0.6) is 5.75 Å². The lowest BCUT2D eigenvalue weighted by molar-refractivity contribution is -0.122. The molecule has 0 unspecified atom stereocenters. The normalized spacial score (nSPS) is 10.8. The molecule has 0 aliphatic carbocycles. The summed E-state index contributed by atoms with van der Waals surface area (Å²) in [6.45, 7) is 5.35. The van der Waals surface area contributed by atoms with Crippen molar-refractivity contribution >= 4 is 16.6 Å². The fraction of sp³-hybridized carbons (Fsp3) is 0.462. The maximum Gasteiger partial charge on any atom is 0.534 e. The average Bonchev–Trinajstić information content (AvgIpc) is 2.38. The van der Waals surface area contributed by atoms with E-state index in [-0.39, 0.29) is 12.2 Å². The zero-order chi connectivity index (χ0) is 18.7. The number of carboxylic acid groups (broad SMARTS) is 1. The molecule has 0 spiro atoms. The molecule has 0 amide bonds. The van der Waals surface area contributed by atoms with Crippen LogP contribution in [0.15, 0.2) is 24.3 Å². The van der Waals surface area contributed by atoms with Crippen molar-refractivity contribution in [2.75, 3.05) is 7.11 Å². The first-order valence-electron chi connectivity index (χ1n) is 6.09. The van der Waals surface area contributed by atoms with Crippen LogP contribution in [0.1, 0.15) is 19.4 Å². The molecule has 1 aromatic carbocycles. The Labute approximate surface area is 133 Å². The van der Waals surface area contributed by atoms with Gasteiger partial charge in [0, 0.05) is 7.11 Å². The number of alkyl halides is 3. The van der Waals surface area contributed by atoms with Gasteiger partial charge in [-0.3, -0.25) is 4.79 Å². The number of hydrogen-bond acceptors (Lipinski definition) is 5. The van der Waals surface area contributed by atoms with Crippen molar-refractivity contribution in [3.8, 4) is 5.75 Å². The highest BCUT2D eigenvalue weighted by atomic mass is 32.2. The van der Waals surface area contributed by atoms with Crippen molar-refractivity contribution in [3.63, 3.8) is 0 Å². The molecule has 0 aromatic heterocycles. The number of rotatable bonds is 3. The van der Waals surface area contributed by atoms with Crippen LogP contribution >= 0.6 is 0 Å². The predicted molar refractivity (Wildman–Crippen MR) is 77.6 cm³/mol. The monoisotopic (exact) mass is 360 g/mol. The van der Waals surface area contributed by atoms with Crippen LogP contribution < -0.4 is 4.18 Å². The van der Waals surface area contributed by atoms with Gasteiger partial charge in [0.1, 0.15) is 5.75 Å². The molecule has 0 heterocycles. The van der Waals surface area contributed by atoms with Crippen LogP contribution in [-0.2, 0) is 19.6 Å². The first-order valence-corrected chi connectivity index (χ1v) is 7.50. The largest absolute Gasteiger partial charge is 0.534 e. The lowest BCUT2D eigenvalue weighted by Crippen LogP contribution is -2.28. The third-order valence-corrected chi connectivity index (χ3v) is 2.93.